The molecule has 5 nitrogen and oxygen atoms in total. The van der Waals surface area contributed by atoms with E-state index in [1.54, 1.807) is 37.8 Å². The molecule has 2 N–H and O–H groups in total. The molecule has 2 aromatic rings. The molecule has 1 unspecified atom stereocenters. The quantitative estimate of drug-likeness (QED) is 0.783. The summed E-state index contributed by atoms with van der Waals surface area (Å²) < 4.78 is 20.3. The predicted octanol–water partition coefficient (Wildman–Crippen LogP) is 3.95. The third-order valence-corrected chi connectivity index (χ3v) is 5.71. The Bertz CT molecular complexity index is 924. The summed E-state index contributed by atoms with van der Waals surface area (Å²) in [6, 6.07) is 16.6. The first-order chi connectivity index (χ1) is 14.2. The standard InChI is InChI=1S/C24H28FN3O2/c1-16(27)23(29)28-21(24(2,3)15-26)13-20(30-14-17-8-5-4-6-9-17)22(28)18-10-7-11-19(25)12-18/h4-12,16,20-22H,13-14,27H2,1-3H3/t16?,20-,21-,22-/m1/s1. The van der Waals surface area contributed by atoms with Crippen LogP contribution < -0.4 is 5.73 Å². The third kappa shape index (κ3) is 4.53. The van der Waals surface area contributed by atoms with Gasteiger partial charge in [-0.05, 0) is 50.5 Å². The minimum atomic E-state index is -0.818. The Balaban J connectivity index is 2.02. The van der Waals surface area contributed by atoms with Crippen LogP contribution in [0.4, 0.5) is 4.39 Å². The zero-order valence-corrected chi connectivity index (χ0v) is 17.6. The Labute approximate surface area is 177 Å². The molecule has 6 heteroatoms. The zero-order chi connectivity index (χ0) is 21.9. The highest BCUT2D eigenvalue weighted by atomic mass is 19.1. The van der Waals surface area contributed by atoms with Crippen LogP contribution >= 0.6 is 0 Å². The highest BCUT2D eigenvalue weighted by Gasteiger charge is 2.51. The van der Waals surface area contributed by atoms with Crippen molar-refractivity contribution in [2.45, 2.75) is 58.0 Å². The van der Waals surface area contributed by atoms with E-state index in [0.717, 1.165) is 5.56 Å². The highest BCUT2D eigenvalue weighted by molar-refractivity contribution is 5.82. The summed E-state index contributed by atoms with van der Waals surface area (Å²) in [5, 5.41) is 9.77. The lowest BCUT2D eigenvalue weighted by atomic mass is 9.84. The van der Waals surface area contributed by atoms with E-state index in [2.05, 4.69) is 6.07 Å². The van der Waals surface area contributed by atoms with E-state index in [-0.39, 0.29) is 11.7 Å². The number of nitrogens with two attached hydrogens (primary N) is 1. The first-order valence-electron chi connectivity index (χ1n) is 10.1. The molecule has 30 heavy (non-hydrogen) atoms. The van der Waals surface area contributed by atoms with Crippen LogP contribution in [0.25, 0.3) is 0 Å². The predicted molar refractivity (Wildman–Crippen MR) is 112 cm³/mol. The van der Waals surface area contributed by atoms with E-state index in [4.69, 9.17) is 10.5 Å². The van der Waals surface area contributed by atoms with Gasteiger partial charge in [0.05, 0.1) is 42.3 Å². The van der Waals surface area contributed by atoms with Crippen LogP contribution in [0.2, 0.25) is 0 Å². The van der Waals surface area contributed by atoms with Crippen molar-refractivity contribution in [1.29, 1.82) is 5.26 Å². The van der Waals surface area contributed by atoms with Crippen LogP contribution in [-0.2, 0) is 16.1 Å². The van der Waals surface area contributed by atoms with Gasteiger partial charge in [0.15, 0.2) is 0 Å². The number of hydrogen-bond acceptors (Lipinski definition) is 4. The number of nitriles is 1. The molecule has 1 amide bonds. The molecule has 0 saturated carbocycles. The van der Waals surface area contributed by atoms with Crippen LogP contribution in [0, 0.1) is 22.6 Å². The molecule has 4 atom stereocenters. The van der Waals surface area contributed by atoms with Gasteiger partial charge in [-0.2, -0.15) is 5.26 Å². The lowest BCUT2D eigenvalue weighted by Gasteiger charge is -2.37. The second-order valence-electron chi connectivity index (χ2n) is 8.45. The van der Waals surface area contributed by atoms with Crippen molar-refractivity contribution in [2.75, 3.05) is 0 Å². The van der Waals surface area contributed by atoms with Crippen molar-refractivity contribution in [3.8, 4) is 6.07 Å². The summed E-state index contributed by atoms with van der Waals surface area (Å²) in [5.74, 6) is -0.658. The Morgan fingerprint density at radius 2 is 2.00 bits per heavy atom. The summed E-state index contributed by atoms with van der Waals surface area (Å²) in [7, 11) is 0. The van der Waals surface area contributed by atoms with Crippen LogP contribution in [0.15, 0.2) is 54.6 Å². The van der Waals surface area contributed by atoms with Gasteiger partial charge in [-0.15, -0.1) is 0 Å². The molecule has 0 aliphatic carbocycles. The number of halogens is 1. The van der Waals surface area contributed by atoms with Crippen LogP contribution in [0.5, 0.6) is 0 Å². The van der Waals surface area contributed by atoms with Gasteiger partial charge >= 0.3 is 0 Å². The van der Waals surface area contributed by atoms with Crippen LogP contribution in [0.3, 0.4) is 0 Å². The molecule has 1 aliphatic heterocycles. The fourth-order valence-corrected chi connectivity index (χ4v) is 4.08. The monoisotopic (exact) mass is 409 g/mol. The average Bonchev–Trinajstić information content (AvgIpc) is 3.12. The van der Waals surface area contributed by atoms with Crippen molar-refractivity contribution in [3.05, 3.63) is 71.5 Å². The highest BCUT2D eigenvalue weighted by Crippen LogP contribution is 2.45. The molecule has 0 bridgehead atoms. The van der Waals surface area contributed by atoms with Crippen molar-refractivity contribution in [1.82, 2.24) is 4.90 Å². The number of rotatable bonds is 6. The molecular formula is C24H28FN3O2. The smallest absolute Gasteiger partial charge is 0.240 e. The summed E-state index contributed by atoms with van der Waals surface area (Å²) in [4.78, 5) is 14.8. The van der Waals surface area contributed by atoms with Gasteiger partial charge in [-0.25, -0.2) is 4.39 Å². The summed E-state index contributed by atoms with van der Waals surface area (Å²) in [6.07, 6.45) is 0.0693. The summed E-state index contributed by atoms with van der Waals surface area (Å²) >= 11 is 0. The maximum atomic E-state index is 14.1. The molecule has 0 spiro atoms. The van der Waals surface area contributed by atoms with Crippen molar-refractivity contribution in [3.63, 3.8) is 0 Å². The van der Waals surface area contributed by atoms with Crippen LogP contribution in [-0.4, -0.2) is 29.0 Å². The molecule has 1 saturated heterocycles. The lowest BCUT2D eigenvalue weighted by Crippen LogP contribution is -2.50. The molecular weight excluding hydrogens is 381 g/mol. The maximum Gasteiger partial charge on any atom is 0.240 e. The molecule has 2 aromatic carbocycles. The number of amides is 1. The van der Waals surface area contributed by atoms with Gasteiger partial charge in [0.1, 0.15) is 5.82 Å². The van der Waals surface area contributed by atoms with Gasteiger partial charge in [-0.3, -0.25) is 4.79 Å². The zero-order valence-electron chi connectivity index (χ0n) is 17.6. The lowest BCUT2D eigenvalue weighted by molar-refractivity contribution is -0.138. The normalized spacial score (nSPS) is 22.5. The van der Waals surface area contributed by atoms with Crippen molar-refractivity contribution >= 4 is 5.91 Å². The molecule has 1 heterocycles. The molecule has 1 aliphatic rings. The van der Waals surface area contributed by atoms with Gasteiger partial charge < -0.3 is 15.4 Å². The Morgan fingerprint density at radius 1 is 1.30 bits per heavy atom. The van der Waals surface area contributed by atoms with Gasteiger partial charge in [0.25, 0.3) is 0 Å². The number of carbonyl (C=O) groups excluding carboxylic acids is 1. The van der Waals surface area contributed by atoms with E-state index in [9.17, 15) is 14.4 Å². The summed E-state index contributed by atoms with van der Waals surface area (Å²) in [6.45, 7) is 5.60. The fraction of sp³-hybridized carbons (Fsp3) is 0.417. The van der Waals surface area contributed by atoms with Gasteiger partial charge in [0, 0.05) is 0 Å². The topological polar surface area (TPSA) is 79.3 Å². The Morgan fingerprint density at radius 3 is 2.60 bits per heavy atom. The fourth-order valence-electron chi connectivity index (χ4n) is 4.08. The number of benzene rings is 2. The van der Waals surface area contributed by atoms with E-state index < -0.39 is 29.6 Å². The average molecular weight is 410 g/mol. The number of likely N-dealkylation sites (tertiary alicyclic amines) is 1. The van der Waals surface area contributed by atoms with Gasteiger partial charge in [0.2, 0.25) is 5.91 Å². The van der Waals surface area contributed by atoms with Gasteiger partial charge in [-0.1, -0.05) is 42.5 Å². The largest absolute Gasteiger partial charge is 0.371 e. The van der Waals surface area contributed by atoms with E-state index >= 15 is 0 Å². The van der Waals surface area contributed by atoms with Crippen LogP contribution in [0.1, 0.15) is 44.4 Å². The third-order valence-electron chi connectivity index (χ3n) is 5.71. The molecule has 0 aromatic heterocycles. The van der Waals surface area contributed by atoms with E-state index in [1.807, 2.05) is 30.3 Å². The maximum absolute atomic E-state index is 14.1. The van der Waals surface area contributed by atoms with Crippen molar-refractivity contribution < 1.29 is 13.9 Å². The summed E-state index contributed by atoms with van der Waals surface area (Å²) in [5.41, 5.74) is 6.78. The second kappa shape index (κ2) is 8.95. The number of ether oxygens (including phenoxy) is 1. The first-order valence-corrected chi connectivity index (χ1v) is 10.1. The van der Waals surface area contributed by atoms with Crippen molar-refractivity contribution in [2.24, 2.45) is 11.1 Å². The first kappa shape index (κ1) is 21.9. The number of hydrogen-bond donors (Lipinski definition) is 1. The SMILES string of the molecule is CC(N)C(=O)N1[C@H](c2cccc(F)c2)[C@H](OCc2ccccc2)C[C@@H]1C(C)(C)C#N. The minimum absolute atomic E-state index is 0.275. The van der Waals surface area contributed by atoms with E-state index in [0.29, 0.717) is 18.6 Å². The molecule has 1 fully saturated rings. The van der Waals surface area contributed by atoms with E-state index in [1.165, 1.54) is 12.1 Å². The Hall–Kier alpha value is -2.75. The second-order valence-corrected chi connectivity index (χ2v) is 8.45. The number of carbonyl (C=O) groups is 1. The molecule has 3 rings (SSSR count). The number of nitrogens with zero attached hydrogens (tertiary/aromatic N) is 2. The minimum Gasteiger partial charge on any atom is -0.371 e. The molecule has 158 valence electrons. The molecule has 0 radical (unpaired) electrons. The Kier molecular flexibility index (Phi) is 6.55.